The number of rotatable bonds is 6. The third-order valence-corrected chi connectivity index (χ3v) is 4.24. The second-order valence-electron chi connectivity index (χ2n) is 5.52. The molecule has 0 radical (unpaired) electrons. The highest BCUT2D eigenvalue weighted by Crippen LogP contribution is 2.20. The van der Waals surface area contributed by atoms with Gasteiger partial charge < -0.3 is 5.32 Å². The second-order valence-corrected chi connectivity index (χ2v) is 5.52. The first-order chi connectivity index (χ1) is 9.22. The molecule has 108 valence electrons. The van der Waals surface area contributed by atoms with Gasteiger partial charge in [-0.15, -0.1) is 0 Å². The van der Waals surface area contributed by atoms with Crippen molar-refractivity contribution in [3.05, 3.63) is 0 Å². The molecule has 5 heteroatoms. The monoisotopic (exact) mass is 267 g/mol. The number of hydrogen-bond donors (Lipinski definition) is 1. The maximum Gasteiger partial charge on any atom is 0.229 e. The molecule has 2 heterocycles. The van der Waals surface area contributed by atoms with Crippen LogP contribution in [0.2, 0.25) is 0 Å². The van der Waals surface area contributed by atoms with E-state index < -0.39 is 0 Å². The van der Waals surface area contributed by atoms with Gasteiger partial charge in [0.25, 0.3) is 0 Å². The Morgan fingerprint density at radius 3 is 2.58 bits per heavy atom. The van der Waals surface area contributed by atoms with Crippen LogP contribution in [0, 0.1) is 0 Å². The Balaban J connectivity index is 1.82. The summed E-state index contributed by atoms with van der Waals surface area (Å²) in [6.07, 6.45) is 5.73. The van der Waals surface area contributed by atoms with Crippen LogP contribution in [0.3, 0.4) is 0 Å². The fraction of sp³-hybridized carbons (Fsp3) is 0.857. The molecule has 1 atom stereocenters. The highest BCUT2D eigenvalue weighted by Gasteiger charge is 2.30. The number of carbonyl (C=O) groups excluding carboxylic acids is 2. The third kappa shape index (κ3) is 3.76. The van der Waals surface area contributed by atoms with Crippen molar-refractivity contribution in [2.75, 3.05) is 33.2 Å². The molecule has 0 spiro atoms. The summed E-state index contributed by atoms with van der Waals surface area (Å²) >= 11 is 0. The molecule has 2 aliphatic heterocycles. The van der Waals surface area contributed by atoms with Gasteiger partial charge in [0, 0.05) is 32.0 Å². The number of nitrogens with one attached hydrogen (secondary N) is 1. The van der Waals surface area contributed by atoms with Crippen molar-refractivity contribution in [1.29, 1.82) is 0 Å². The molecule has 0 aliphatic carbocycles. The van der Waals surface area contributed by atoms with Crippen LogP contribution >= 0.6 is 0 Å². The van der Waals surface area contributed by atoms with Crippen molar-refractivity contribution in [1.82, 2.24) is 15.1 Å². The summed E-state index contributed by atoms with van der Waals surface area (Å²) in [5, 5.41) is 3.20. The summed E-state index contributed by atoms with van der Waals surface area (Å²) in [7, 11) is 1.98. The standard InChI is InChI=1S/C14H25N3O2/c1-15-8-7-12-4-2-3-9-16(12)10-11-17-13(18)5-6-14(17)19/h12,15H,2-11H2,1H3. The van der Waals surface area contributed by atoms with E-state index >= 15 is 0 Å². The summed E-state index contributed by atoms with van der Waals surface area (Å²) in [6.45, 7) is 3.55. The summed E-state index contributed by atoms with van der Waals surface area (Å²) in [5.74, 6) is 0.0163. The molecule has 1 unspecified atom stereocenters. The van der Waals surface area contributed by atoms with Gasteiger partial charge in [0.1, 0.15) is 0 Å². The fourth-order valence-electron chi connectivity index (χ4n) is 3.09. The highest BCUT2D eigenvalue weighted by atomic mass is 16.2. The van der Waals surface area contributed by atoms with Gasteiger partial charge >= 0.3 is 0 Å². The summed E-state index contributed by atoms with van der Waals surface area (Å²) in [5.41, 5.74) is 0. The minimum absolute atomic E-state index is 0.00813. The van der Waals surface area contributed by atoms with Crippen molar-refractivity contribution in [2.45, 2.75) is 44.6 Å². The molecule has 0 saturated carbocycles. The van der Waals surface area contributed by atoms with E-state index in [4.69, 9.17) is 0 Å². The fourth-order valence-corrected chi connectivity index (χ4v) is 3.09. The van der Waals surface area contributed by atoms with Crippen LogP contribution in [-0.4, -0.2) is 60.9 Å². The van der Waals surface area contributed by atoms with Crippen LogP contribution in [-0.2, 0) is 9.59 Å². The average Bonchev–Trinajstić information content (AvgIpc) is 2.74. The molecule has 2 aliphatic rings. The van der Waals surface area contributed by atoms with Gasteiger partial charge in [0.2, 0.25) is 11.8 Å². The zero-order chi connectivity index (χ0) is 13.7. The molecule has 2 amide bonds. The number of nitrogens with zero attached hydrogens (tertiary/aromatic N) is 2. The van der Waals surface area contributed by atoms with E-state index in [0.717, 1.165) is 26.1 Å². The van der Waals surface area contributed by atoms with E-state index in [1.807, 2.05) is 7.05 Å². The number of piperidine rings is 1. The van der Waals surface area contributed by atoms with Gasteiger partial charge in [-0.25, -0.2) is 0 Å². The lowest BCUT2D eigenvalue weighted by molar-refractivity contribution is -0.138. The zero-order valence-electron chi connectivity index (χ0n) is 11.9. The first kappa shape index (κ1) is 14.5. The molecule has 0 aromatic rings. The Bertz CT molecular complexity index is 317. The molecule has 5 nitrogen and oxygen atoms in total. The predicted molar refractivity (Wildman–Crippen MR) is 73.7 cm³/mol. The zero-order valence-corrected chi connectivity index (χ0v) is 11.9. The summed E-state index contributed by atoms with van der Waals surface area (Å²) in [4.78, 5) is 27.1. The maximum atomic E-state index is 11.6. The third-order valence-electron chi connectivity index (χ3n) is 4.24. The average molecular weight is 267 g/mol. The van der Waals surface area contributed by atoms with Gasteiger partial charge in [0.05, 0.1) is 0 Å². The SMILES string of the molecule is CNCCC1CCCCN1CCN1C(=O)CCC1=O. The highest BCUT2D eigenvalue weighted by molar-refractivity contribution is 6.01. The van der Waals surface area contributed by atoms with E-state index in [2.05, 4.69) is 10.2 Å². The first-order valence-corrected chi connectivity index (χ1v) is 7.44. The van der Waals surface area contributed by atoms with Crippen LogP contribution in [0.5, 0.6) is 0 Å². The van der Waals surface area contributed by atoms with Gasteiger partial charge in [-0.1, -0.05) is 6.42 Å². The Morgan fingerprint density at radius 2 is 1.89 bits per heavy atom. The molecule has 1 N–H and O–H groups in total. The molecule has 2 rings (SSSR count). The van der Waals surface area contributed by atoms with Gasteiger partial charge in [0.15, 0.2) is 0 Å². The quantitative estimate of drug-likeness (QED) is 0.716. The number of imide groups is 1. The number of likely N-dealkylation sites (tertiary alicyclic amines) is 2. The van der Waals surface area contributed by atoms with Crippen LogP contribution in [0.25, 0.3) is 0 Å². The lowest BCUT2D eigenvalue weighted by Crippen LogP contribution is -2.45. The molecule has 0 aromatic heterocycles. The van der Waals surface area contributed by atoms with Crippen LogP contribution < -0.4 is 5.32 Å². The van der Waals surface area contributed by atoms with Crippen molar-refractivity contribution in [3.63, 3.8) is 0 Å². The molecular formula is C14H25N3O2. The Kier molecular flexibility index (Phi) is 5.34. The molecule has 0 aromatic carbocycles. The molecule has 19 heavy (non-hydrogen) atoms. The van der Waals surface area contributed by atoms with E-state index in [0.29, 0.717) is 25.4 Å². The molecule has 0 bridgehead atoms. The van der Waals surface area contributed by atoms with Crippen LogP contribution in [0.15, 0.2) is 0 Å². The minimum atomic E-state index is 0.00813. The number of hydrogen-bond acceptors (Lipinski definition) is 4. The second kappa shape index (κ2) is 7.01. The Morgan fingerprint density at radius 1 is 1.16 bits per heavy atom. The minimum Gasteiger partial charge on any atom is -0.320 e. The largest absolute Gasteiger partial charge is 0.320 e. The van der Waals surface area contributed by atoms with E-state index in [1.165, 1.54) is 24.2 Å². The topological polar surface area (TPSA) is 52.6 Å². The van der Waals surface area contributed by atoms with Crippen molar-refractivity contribution in [2.24, 2.45) is 0 Å². The van der Waals surface area contributed by atoms with Crippen LogP contribution in [0.4, 0.5) is 0 Å². The first-order valence-electron chi connectivity index (χ1n) is 7.44. The predicted octanol–water partition coefficient (Wildman–Crippen LogP) is 0.599. The Labute approximate surface area is 115 Å². The van der Waals surface area contributed by atoms with Crippen molar-refractivity contribution >= 4 is 11.8 Å². The van der Waals surface area contributed by atoms with E-state index in [9.17, 15) is 9.59 Å². The molecule has 2 saturated heterocycles. The molecular weight excluding hydrogens is 242 g/mol. The normalized spacial score (nSPS) is 25.3. The van der Waals surface area contributed by atoms with Gasteiger partial charge in [-0.3, -0.25) is 19.4 Å². The van der Waals surface area contributed by atoms with Crippen molar-refractivity contribution in [3.8, 4) is 0 Å². The Hall–Kier alpha value is -0.940. The van der Waals surface area contributed by atoms with Gasteiger partial charge in [-0.05, 0) is 39.4 Å². The molecule has 2 fully saturated rings. The number of carbonyl (C=O) groups is 2. The lowest BCUT2D eigenvalue weighted by Gasteiger charge is -2.36. The van der Waals surface area contributed by atoms with E-state index in [1.54, 1.807) is 0 Å². The van der Waals surface area contributed by atoms with Crippen LogP contribution in [0.1, 0.15) is 38.5 Å². The van der Waals surface area contributed by atoms with E-state index in [-0.39, 0.29) is 11.8 Å². The summed E-state index contributed by atoms with van der Waals surface area (Å²) in [6, 6.07) is 0.606. The summed E-state index contributed by atoms with van der Waals surface area (Å²) < 4.78 is 0. The van der Waals surface area contributed by atoms with Gasteiger partial charge in [-0.2, -0.15) is 0 Å². The number of amides is 2. The maximum absolute atomic E-state index is 11.6. The van der Waals surface area contributed by atoms with Crippen molar-refractivity contribution < 1.29 is 9.59 Å². The lowest BCUT2D eigenvalue weighted by atomic mass is 9.99. The smallest absolute Gasteiger partial charge is 0.229 e.